The van der Waals surface area contributed by atoms with Crippen molar-refractivity contribution in [3.05, 3.63) is 59.3 Å². The molecule has 5 rings (SSSR count). The van der Waals surface area contributed by atoms with Gasteiger partial charge < -0.3 is 30.8 Å². The normalized spacial score (nSPS) is 22.6. The van der Waals surface area contributed by atoms with Gasteiger partial charge in [-0.3, -0.25) is 24.8 Å². The molecule has 3 aliphatic rings. The first-order chi connectivity index (χ1) is 23.5. The third-order valence-corrected chi connectivity index (χ3v) is 9.59. The quantitative estimate of drug-likeness (QED) is 0.229. The molecule has 13 nitrogen and oxygen atoms in total. The van der Waals surface area contributed by atoms with E-state index in [0.717, 1.165) is 24.0 Å². The number of carbonyl (C=O) groups excluding carboxylic acids is 3. The number of nitrogens with zero attached hydrogens (tertiary/aromatic N) is 4. The van der Waals surface area contributed by atoms with E-state index in [4.69, 9.17) is 31.0 Å². The van der Waals surface area contributed by atoms with Gasteiger partial charge in [0.25, 0.3) is 0 Å². The highest BCUT2D eigenvalue weighted by Crippen LogP contribution is 2.31. The van der Waals surface area contributed by atoms with E-state index in [-0.39, 0.29) is 48.3 Å². The van der Waals surface area contributed by atoms with Gasteiger partial charge in [-0.2, -0.15) is 0 Å². The molecule has 2 fully saturated rings. The molecule has 0 radical (unpaired) electrons. The van der Waals surface area contributed by atoms with E-state index in [1.807, 2.05) is 37.8 Å². The fourth-order valence-corrected chi connectivity index (χ4v) is 6.98. The molecule has 13 heteroatoms. The van der Waals surface area contributed by atoms with Gasteiger partial charge >= 0.3 is 6.09 Å². The van der Waals surface area contributed by atoms with E-state index in [2.05, 4.69) is 16.3 Å². The van der Waals surface area contributed by atoms with Gasteiger partial charge in [0.15, 0.2) is 0 Å². The van der Waals surface area contributed by atoms with Crippen molar-refractivity contribution < 1.29 is 23.9 Å². The number of alkyl carbamates (subject to hydrolysis) is 1. The lowest BCUT2D eigenvalue weighted by atomic mass is 9.86. The first-order valence-corrected chi connectivity index (χ1v) is 17.1. The maximum atomic E-state index is 13.8. The molecule has 0 aliphatic carbocycles. The van der Waals surface area contributed by atoms with Crippen LogP contribution in [0, 0.1) is 22.7 Å². The van der Waals surface area contributed by atoms with Gasteiger partial charge in [0, 0.05) is 44.7 Å². The van der Waals surface area contributed by atoms with Crippen molar-refractivity contribution in [2.45, 2.75) is 58.7 Å². The first-order valence-electron chi connectivity index (χ1n) is 17.1. The molecule has 1 unspecified atom stereocenters. The number of hydrogen-bond donors (Lipinski definition) is 4. The van der Waals surface area contributed by atoms with E-state index in [1.165, 1.54) is 7.05 Å². The van der Waals surface area contributed by atoms with Crippen LogP contribution in [0.5, 0.6) is 0 Å². The van der Waals surface area contributed by atoms with E-state index >= 15 is 0 Å². The second kappa shape index (κ2) is 15.7. The number of anilines is 2. The van der Waals surface area contributed by atoms with Crippen LogP contribution >= 0.6 is 0 Å². The summed E-state index contributed by atoms with van der Waals surface area (Å²) in [4.78, 5) is 48.7. The Morgan fingerprint density at radius 1 is 1.06 bits per heavy atom. The van der Waals surface area contributed by atoms with Gasteiger partial charge in [0.2, 0.25) is 17.7 Å². The van der Waals surface area contributed by atoms with Crippen LogP contribution < -0.4 is 16.0 Å². The fraction of sp³-hybridized carbons (Fsp3) is 0.500. The average molecular weight is 673 g/mol. The standard InChI is InChI=1S/C36H48N8O5/c1-5-44(30-11-10-29(37)33(41-30)32(38)28-18-22(2)48-23(3)19-28)35(46)27-12-15-42(20-27)21-31(45)43-16-13-25(14-17-43)24-6-8-26(9-7-24)34(39)49-36(47)40-4/h6-11,13,22-23,27-28,38-39H,5,12,14-21,37H2,1-4H3,(H,40,47)/t22-,23+,27-,28?/m1/s1. The molecule has 3 aliphatic heterocycles. The molecule has 0 saturated carbocycles. The number of nitrogens with two attached hydrogens (primary N) is 1. The summed E-state index contributed by atoms with van der Waals surface area (Å²) in [5.41, 5.74) is 10.2. The predicted octanol–water partition coefficient (Wildman–Crippen LogP) is 3.91. The number of ether oxygens (including phenoxy) is 2. The summed E-state index contributed by atoms with van der Waals surface area (Å²) in [7, 11) is 1.44. The third kappa shape index (κ3) is 8.52. The summed E-state index contributed by atoms with van der Waals surface area (Å²) < 4.78 is 10.8. The van der Waals surface area contributed by atoms with Crippen molar-refractivity contribution in [3.63, 3.8) is 0 Å². The minimum absolute atomic E-state index is 0.0109. The zero-order chi connectivity index (χ0) is 35.2. The third-order valence-electron chi connectivity index (χ3n) is 9.59. The van der Waals surface area contributed by atoms with Crippen molar-refractivity contribution >= 4 is 46.6 Å². The van der Waals surface area contributed by atoms with Crippen molar-refractivity contribution in [3.8, 4) is 0 Å². The average Bonchev–Trinajstić information content (AvgIpc) is 3.57. The van der Waals surface area contributed by atoms with Gasteiger partial charge in [0.1, 0.15) is 11.5 Å². The fourth-order valence-electron chi connectivity index (χ4n) is 6.98. The van der Waals surface area contributed by atoms with Gasteiger partial charge in [-0.15, -0.1) is 0 Å². The lowest BCUT2D eigenvalue weighted by Gasteiger charge is -2.32. The zero-order valence-corrected chi connectivity index (χ0v) is 28.8. The molecule has 0 bridgehead atoms. The Morgan fingerprint density at radius 2 is 1.78 bits per heavy atom. The minimum Gasteiger partial charge on any atom is -0.397 e. The molecular weight excluding hydrogens is 624 g/mol. The largest absolute Gasteiger partial charge is 0.413 e. The highest BCUT2D eigenvalue weighted by molar-refractivity contribution is 6.03. The molecule has 3 amide bonds. The Bertz CT molecular complexity index is 1600. The number of nitrogens with one attached hydrogen (secondary N) is 3. The van der Waals surface area contributed by atoms with Gasteiger partial charge in [0.05, 0.1) is 36.1 Å². The molecule has 5 N–H and O–H groups in total. The van der Waals surface area contributed by atoms with Crippen molar-refractivity contribution in [1.82, 2.24) is 20.1 Å². The minimum atomic E-state index is -0.689. The topological polar surface area (TPSA) is 178 Å². The number of pyridine rings is 1. The Balaban J connectivity index is 1.14. The van der Waals surface area contributed by atoms with Gasteiger partial charge in [-0.05, 0) is 88.4 Å². The summed E-state index contributed by atoms with van der Waals surface area (Å²) in [6, 6.07) is 10.7. The molecule has 0 spiro atoms. The highest BCUT2D eigenvalue weighted by Gasteiger charge is 2.35. The molecule has 4 heterocycles. The molecule has 2 aromatic rings. The summed E-state index contributed by atoms with van der Waals surface area (Å²) in [6.07, 6.45) is 4.29. The molecule has 1 aromatic carbocycles. The van der Waals surface area contributed by atoms with Crippen LogP contribution in [0.15, 0.2) is 42.5 Å². The van der Waals surface area contributed by atoms with Crippen LogP contribution in [-0.4, -0.2) is 103 Å². The van der Waals surface area contributed by atoms with Crippen LogP contribution in [0.1, 0.15) is 63.3 Å². The van der Waals surface area contributed by atoms with E-state index < -0.39 is 6.09 Å². The number of benzene rings is 1. The number of nitrogen functional groups attached to an aromatic ring is 1. The zero-order valence-electron chi connectivity index (χ0n) is 28.8. The van der Waals surface area contributed by atoms with E-state index in [0.29, 0.717) is 74.0 Å². The lowest BCUT2D eigenvalue weighted by molar-refractivity contribution is -0.132. The summed E-state index contributed by atoms with van der Waals surface area (Å²) in [5.74, 6) is -0.00498. The second-order valence-corrected chi connectivity index (χ2v) is 13.1. The van der Waals surface area contributed by atoms with Crippen LogP contribution in [0.25, 0.3) is 5.57 Å². The number of amides is 3. The molecule has 262 valence electrons. The van der Waals surface area contributed by atoms with E-state index in [9.17, 15) is 14.4 Å². The van der Waals surface area contributed by atoms with Crippen LogP contribution in [0.4, 0.5) is 16.3 Å². The SMILES string of the molecule is CCN(C(=O)[C@@H]1CCN(CC(=O)N2CC=C(c3ccc(C(=N)OC(=O)NC)cc3)CC2)C1)c1ccc(N)c(C(=N)C2C[C@@H](C)O[C@@H](C)C2)n1. The maximum Gasteiger partial charge on any atom is 0.413 e. The van der Waals surface area contributed by atoms with Gasteiger partial charge in [-0.25, -0.2) is 9.78 Å². The lowest BCUT2D eigenvalue weighted by Crippen LogP contribution is -2.42. The van der Waals surface area contributed by atoms with Crippen LogP contribution in [0.3, 0.4) is 0 Å². The summed E-state index contributed by atoms with van der Waals surface area (Å²) in [5, 5.41) is 19.2. The van der Waals surface area contributed by atoms with Crippen molar-refractivity contribution in [2.75, 3.05) is 56.9 Å². The molecular formula is C36H48N8O5. The first kappa shape index (κ1) is 35.7. The highest BCUT2D eigenvalue weighted by atomic mass is 16.6. The Hall–Kier alpha value is -4.62. The van der Waals surface area contributed by atoms with Gasteiger partial charge in [-0.1, -0.05) is 18.2 Å². The predicted molar refractivity (Wildman–Crippen MR) is 189 cm³/mol. The number of hydrogen-bond acceptors (Lipinski definition) is 10. The summed E-state index contributed by atoms with van der Waals surface area (Å²) >= 11 is 0. The monoisotopic (exact) mass is 672 g/mol. The number of carbonyl (C=O) groups is 3. The Morgan fingerprint density at radius 3 is 2.41 bits per heavy atom. The van der Waals surface area contributed by atoms with E-state index in [1.54, 1.807) is 29.2 Å². The molecule has 49 heavy (non-hydrogen) atoms. The number of rotatable bonds is 9. The number of likely N-dealkylation sites (tertiary alicyclic amines) is 1. The van der Waals surface area contributed by atoms with Crippen molar-refractivity contribution in [1.29, 1.82) is 10.8 Å². The second-order valence-electron chi connectivity index (χ2n) is 13.1. The molecule has 4 atom stereocenters. The Kier molecular flexibility index (Phi) is 11.5. The van der Waals surface area contributed by atoms with Crippen LogP contribution in [0.2, 0.25) is 0 Å². The Labute approximate surface area is 287 Å². The maximum absolute atomic E-state index is 13.8. The van der Waals surface area contributed by atoms with Crippen molar-refractivity contribution in [2.24, 2.45) is 11.8 Å². The molecule has 2 saturated heterocycles. The number of aromatic nitrogens is 1. The smallest absolute Gasteiger partial charge is 0.397 e. The summed E-state index contributed by atoms with van der Waals surface area (Å²) in [6.45, 7) is 8.88. The van der Waals surface area contributed by atoms with Crippen LogP contribution in [-0.2, 0) is 19.1 Å². The molecule has 1 aromatic heterocycles.